The Kier molecular flexibility index (Phi) is 5.36. The van der Waals surface area contributed by atoms with Crippen LogP contribution in [0, 0.1) is 3.57 Å². The Balaban J connectivity index is 2.16. The Morgan fingerprint density at radius 3 is 2.61 bits per heavy atom. The molecule has 0 nitrogen and oxygen atoms in total. The van der Waals surface area contributed by atoms with Gasteiger partial charge in [0.2, 0.25) is 0 Å². The highest BCUT2D eigenvalue weighted by molar-refractivity contribution is 14.1. The molecule has 0 fully saturated rings. The van der Waals surface area contributed by atoms with Crippen molar-refractivity contribution in [1.29, 1.82) is 0 Å². The van der Waals surface area contributed by atoms with Crippen LogP contribution in [0.4, 0.5) is 0 Å². The summed E-state index contributed by atoms with van der Waals surface area (Å²) < 4.78 is 2.12. The molecular formula is C14H10BrCl2I. The van der Waals surface area contributed by atoms with Crippen molar-refractivity contribution in [3.8, 4) is 0 Å². The maximum absolute atomic E-state index is 6.44. The number of halogens is 4. The molecule has 0 N–H and O–H groups in total. The Morgan fingerprint density at radius 2 is 1.94 bits per heavy atom. The summed E-state index contributed by atoms with van der Waals surface area (Å²) in [6, 6.07) is 14.2. The minimum absolute atomic E-state index is 0.0613. The Hall–Kier alpha value is 0.230. The average molecular weight is 456 g/mol. The molecule has 18 heavy (non-hydrogen) atoms. The fraction of sp³-hybridized carbons (Fsp3) is 0.143. The quantitative estimate of drug-likeness (QED) is 0.380. The standard InChI is InChI=1S/C14H10BrCl2I/c15-11-3-1-2-9(6-11)7-12(16)10-4-5-14(18)13(17)8-10/h1-6,8,12H,7H2. The third-order valence-electron chi connectivity index (χ3n) is 2.61. The van der Waals surface area contributed by atoms with Gasteiger partial charge in [0.15, 0.2) is 0 Å². The molecule has 0 aromatic heterocycles. The maximum atomic E-state index is 6.44. The summed E-state index contributed by atoms with van der Waals surface area (Å²) in [5, 5.41) is 0.696. The fourth-order valence-electron chi connectivity index (χ4n) is 1.70. The van der Waals surface area contributed by atoms with E-state index < -0.39 is 0 Å². The molecule has 4 heteroatoms. The first-order chi connectivity index (χ1) is 8.56. The van der Waals surface area contributed by atoms with Crippen molar-refractivity contribution < 1.29 is 0 Å². The van der Waals surface area contributed by atoms with Gasteiger partial charge in [0.05, 0.1) is 10.4 Å². The lowest BCUT2D eigenvalue weighted by molar-refractivity contribution is 0.918. The van der Waals surface area contributed by atoms with E-state index in [0.717, 1.165) is 25.0 Å². The lowest BCUT2D eigenvalue weighted by Crippen LogP contribution is -1.96. The van der Waals surface area contributed by atoms with Gasteiger partial charge in [-0.2, -0.15) is 0 Å². The van der Waals surface area contributed by atoms with Gasteiger partial charge in [-0.25, -0.2) is 0 Å². The number of hydrogen-bond donors (Lipinski definition) is 0. The Bertz CT molecular complexity index is 557. The molecule has 0 spiro atoms. The lowest BCUT2D eigenvalue weighted by Gasteiger charge is -2.11. The van der Waals surface area contributed by atoms with Crippen LogP contribution < -0.4 is 0 Å². The Morgan fingerprint density at radius 1 is 1.17 bits per heavy atom. The lowest BCUT2D eigenvalue weighted by atomic mass is 10.0. The molecule has 2 aromatic rings. The predicted octanol–water partition coefficient (Wildman–Crippen LogP) is 6.23. The van der Waals surface area contributed by atoms with Gasteiger partial charge < -0.3 is 0 Å². The normalized spacial score (nSPS) is 12.4. The maximum Gasteiger partial charge on any atom is 0.0626 e. The van der Waals surface area contributed by atoms with Crippen LogP contribution in [0.15, 0.2) is 46.9 Å². The van der Waals surface area contributed by atoms with Gasteiger partial charge in [-0.3, -0.25) is 0 Å². The average Bonchev–Trinajstić information content (AvgIpc) is 2.32. The summed E-state index contributed by atoms with van der Waals surface area (Å²) in [5.41, 5.74) is 2.26. The van der Waals surface area contributed by atoms with Crippen LogP contribution in [-0.2, 0) is 6.42 Å². The summed E-state index contributed by atoms with van der Waals surface area (Å²) in [6.45, 7) is 0. The van der Waals surface area contributed by atoms with Gasteiger partial charge in [-0.15, -0.1) is 11.6 Å². The zero-order chi connectivity index (χ0) is 13.1. The minimum Gasteiger partial charge on any atom is -0.117 e. The molecule has 2 aromatic carbocycles. The van der Waals surface area contributed by atoms with Gasteiger partial charge in [0.25, 0.3) is 0 Å². The molecule has 1 atom stereocenters. The molecule has 0 aliphatic rings. The van der Waals surface area contributed by atoms with E-state index in [9.17, 15) is 0 Å². The van der Waals surface area contributed by atoms with E-state index in [1.807, 2.05) is 30.3 Å². The first-order valence-corrected chi connectivity index (χ1v) is 8.08. The molecule has 0 bridgehead atoms. The number of benzene rings is 2. The highest BCUT2D eigenvalue weighted by atomic mass is 127. The molecule has 0 radical (unpaired) electrons. The van der Waals surface area contributed by atoms with Crippen molar-refractivity contribution in [3.63, 3.8) is 0 Å². The van der Waals surface area contributed by atoms with Gasteiger partial charge in [-0.1, -0.05) is 45.7 Å². The molecule has 0 saturated heterocycles. The zero-order valence-electron chi connectivity index (χ0n) is 9.34. The van der Waals surface area contributed by atoms with Gasteiger partial charge in [0.1, 0.15) is 0 Å². The van der Waals surface area contributed by atoms with Crippen LogP contribution in [0.5, 0.6) is 0 Å². The monoisotopic (exact) mass is 454 g/mol. The second-order valence-electron chi connectivity index (χ2n) is 3.98. The van der Waals surface area contributed by atoms with E-state index in [2.05, 4.69) is 50.7 Å². The first-order valence-electron chi connectivity index (χ1n) is 5.40. The van der Waals surface area contributed by atoms with E-state index in [-0.39, 0.29) is 5.38 Å². The molecule has 2 rings (SSSR count). The van der Waals surface area contributed by atoms with Crippen LogP contribution in [0.1, 0.15) is 16.5 Å². The Labute approximate surface area is 139 Å². The van der Waals surface area contributed by atoms with Crippen molar-refractivity contribution in [1.82, 2.24) is 0 Å². The molecular weight excluding hydrogens is 446 g/mol. The summed E-state index contributed by atoms with van der Waals surface area (Å²) in [5.74, 6) is 0. The third-order valence-corrected chi connectivity index (χ3v) is 5.08. The van der Waals surface area contributed by atoms with Crippen LogP contribution >= 0.6 is 61.7 Å². The van der Waals surface area contributed by atoms with Crippen LogP contribution in [0.2, 0.25) is 5.02 Å². The van der Waals surface area contributed by atoms with Crippen LogP contribution in [-0.4, -0.2) is 0 Å². The van der Waals surface area contributed by atoms with Crippen LogP contribution in [0.3, 0.4) is 0 Å². The van der Waals surface area contributed by atoms with Crippen molar-refractivity contribution >= 4 is 61.7 Å². The van der Waals surface area contributed by atoms with Gasteiger partial charge in [-0.05, 0) is 64.4 Å². The summed E-state index contributed by atoms with van der Waals surface area (Å²) in [6.07, 6.45) is 0.790. The second kappa shape index (κ2) is 6.60. The largest absolute Gasteiger partial charge is 0.117 e. The fourth-order valence-corrected chi connectivity index (χ4v) is 2.98. The summed E-state index contributed by atoms with van der Waals surface area (Å²) in [7, 11) is 0. The van der Waals surface area contributed by atoms with Crippen LogP contribution in [0.25, 0.3) is 0 Å². The zero-order valence-corrected chi connectivity index (χ0v) is 14.6. The molecule has 0 aliphatic heterocycles. The molecule has 0 aliphatic carbocycles. The molecule has 94 valence electrons. The molecule has 0 amide bonds. The highest BCUT2D eigenvalue weighted by Crippen LogP contribution is 2.29. The van der Waals surface area contributed by atoms with E-state index >= 15 is 0 Å². The van der Waals surface area contributed by atoms with Gasteiger partial charge in [0, 0.05) is 8.04 Å². The number of hydrogen-bond acceptors (Lipinski definition) is 0. The molecule has 0 saturated carbocycles. The minimum atomic E-state index is -0.0613. The van der Waals surface area contributed by atoms with Gasteiger partial charge >= 0.3 is 0 Å². The van der Waals surface area contributed by atoms with E-state index in [1.54, 1.807) is 0 Å². The summed E-state index contributed by atoms with van der Waals surface area (Å²) >= 11 is 18.2. The smallest absolute Gasteiger partial charge is 0.0626 e. The topological polar surface area (TPSA) is 0 Å². The van der Waals surface area contributed by atoms with Crippen molar-refractivity contribution in [2.24, 2.45) is 0 Å². The predicted molar refractivity (Wildman–Crippen MR) is 90.6 cm³/mol. The van der Waals surface area contributed by atoms with Crippen molar-refractivity contribution in [3.05, 3.63) is 66.7 Å². The van der Waals surface area contributed by atoms with Crippen molar-refractivity contribution in [2.75, 3.05) is 0 Å². The second-order valence-corrected chi connectivity index (χ2v) is 6.99. The van der Waals surface area contributed by atoms with E-state index in [4.69, 9.17) is 23.2 Å². The molecule has 1 unspecified atom stereocenters. The third kappa shape index (κ3) is 3.86. The SMILES string of the molecule is Clc1cc(C(Cl)Cc2cccc(Br)c2)ccc1I. The summed E-state index contributed by atoms with van der Waals surface area (Å²) in [4.78, 5) is 0. The highest BCUT2D eigenvalue weighted by Gasteiger charge is 2.10. The van der Waals surface area contributed by atoms with Crippen molar-refractivity contribution in [2.45, 2.75) is 11.8 Å². The van der Waals surface area contributed by atoms with E-state index in [0.29, 0.717) is 0 Å². The van der Waals surface area contributed by atoms with E-state index in [1.165, 1.54) is 5.56 Å². The number of rotatable bonds is 3. The first kappa shape index (κ1) is 14.6. The molecule has 0 heterocycles. The number of alkyl halides is 1.